The van der Waals surface area contributed by atoms with Crippen molar-refractivity contribution in [2.24, 2.45) is 4.99 Å². The standard InChI is InChI=1S/C23H28FN3O3.HI/c1-23(2)12-19(18-6-4-5-7-20(18)30-23)27-22(25-3)26-9-8-15-10-17(24)11-16-13-28-14-29-21(15)16;/h4-7,10-11,19H,8-9,12-14H2,1-3H3,(H2,25,26,27);1H. The number of hydrogen-bond acceptors (Lipinski definition) is 4. The van der Waals surface area contributed by atoms with Gasteiger partial charge >= 0.3 is 0 Å². The molecule has 1 unspecified atom stereocenters. The molecule has 0 saturated heterocycles. The lowest BCUT2D eigenvalue weighted by Gasteiger charge is -2.38. The van der Waals surface area contributed by atoms with Gasteiger partial charge in [0.05, 0.1) is 12.6 Å². The summed E-state index contributed by atoms with van der Waals surface area (Å²) in [6.07, 6.45) is 1.42. The van der Waals surface area contributed by atoms with Crippen LogP contribution in [0.25, 0.3) is 0 Å². The zero-order valence-corrected chi connectivity index (χ0v) is 20.4. The molecule has 31 heavy (non-hydrogen) atoms. The summed E-state index contributed by atoms with van der Waals surface area (Å²) in [4.78, 5) is 4.37. The van der Waals surface area contributed by atoms with Gasteiger partial charge in [-0.3, -0.25) is 4.99 Å². The first-order chi connectivity index (χ1) is 14.4. The van der Waals surface area contributed by atoms with Gasteiger partial charge < -0.3 is 24.8 Å². The summed E-state index contributed by atoms with van der Waals surface area (Å²) in [6, 6.07) is 11.2. The smallest absolute Gasteiger partial charge is 0.191 e. The molecule has 2 aliphatic heterocycles. The highest BCUT2D eigenvalue weighted by Gasteiger charge is 2.34. The maximum absolute atomic E-state index is 14.0. The van der Waals surface area contributed by atoms with Gasteiger partial charge in [0.1, 0.15) is 22.9 Å². The summed E-state index contributed by atoms with van der Waals surface area (Å²) in [5.41, 5.74) is 2.42. The number of halogens is 2. The van der Waals surface area contributed by atoms with Crippen LogP contribution in [0.4, 0.5) is 4.39 Å². The molecule has 0 spiro atoms. The van der Waals surface area contributed by atoms with E-state index in [1.807, 2.05) is 18.2 Å². The van der Waals surface area contributed by atoms with Crippen LogP contribution in [0.5, 0.6) is 11.5 Å². The lowest BCUT2D eigenvalue weighted by Crippen LogP contribution is -2.45. The molecule has 0 radical (unpaired) electrons. The molecule has 0 aliphatic carbocycles. The lowest BCUT2D eigenvalue weighted by molar-refractivity contribution is -0.0172. The molecule has 168 valence electrons. The first-order valence-electron chi connectivity index (χ1n) is 10.2. The Morgan fingerprint density at radius 3 is 2.87 bits per heavy atom. The van der Waals surface area contributed by atoms with E-state index in [1.165, 1.54) is 12.1 Å². The van der Waals surface area contributed by atoms with Crippen molar-refractivity contribution in [2.45, 2.75) is 44.9 Å². The van der Waals surface area contributed by atoms with Gasteiger partial charge in [-0.2, -0.15) is 0 Å². The minimum absolute atomic E-state index is 0. The van der Waals surface area contributed by atoms with Gasteiger partial charge in [-0.1, -0.05) is 18.2 Å². The summed E-state index contributed by atoms with van der Waals surface area (Å²) in [7, 11) is 1.75. The highest BCUT2D eigenvalue weighted by molar-refractivity contribution is 14.0. The molecule has 0 amide bonds. The van der Waals surface area contributed by atoms with Gasteiger partial charge in [-0.15, -0.1) is 24.0 Å². The molecule has 2 aromatic rings. The second kappa shape index (κ2) is 10.0. The zero-order valence-electron chi connectivity index (χ0n) is 18.0. The summed E-state index contributed by atoms with van der Waals surface area (Å²) in [6.45, 7) is 5.33. The monoisotopic (exact) mass is 541 g/mol. The van der Waals surface area contributed by atoms with Crippen molar-refractivity contribution in [3.63, 3.8) is 0 Å². The number of hydrogen-bond donors (Lipinski definition) is 2. The first kappa shape index (κ1) is 23.6. The van der Waals surface area contributed by atoms with Crippen LogP contribution in [-0.2, 0) is 17.8 Å². The van der Waals surface area contributed by atoms with Crippen molar-refractivity contribution in [2.75, 3.05) is 20.4 Å². The molecule has 1 atom stereocenters. The number of nitrogens with zero attached hydrogens (tertiary/aromatic N) is 1. The van der Waals surface area contributed by atoms with E-state index in [0.29, 0.717) is 25.5 Å². The Hall–Kier alpha value is -2.07. The van der Waals surface area contributed by atoms with Crippen LogP contribution >= 0.6 is 24.0 Å². The van der Waals surface area contributed by atoms with Gasteiger partial charge in [0, 0.05) is 31.1 Å². The fraction of sp³-hybridized carbons (Fsp3) is 0.435. The van der Waals surface area contributed by atoms with Gasteiger partial charge in [-0.25, -0.2) is 4.39 Å². The van der Waals surface area contributed by atoms with E-state index >= 15 is 0 Å². The normalized spacial score (nSPS) is 19.1. The highest BCUT2D eigenvalue weighted by atomic mass is 127. The van der Waals surface area contributed by atoms with E-state index in [2.05, 4.69) is 35.5 Å². The summed E-state index contributed by atoms with van der Waals surface area (Å²) in [5.74, 6) is 2.04. The average Bonchev–Trinajstić information content (AvgIpc) is 2.72. The predicted molar refractivity (Wildman–Crippen MR) is 129 cm³/mol. The number of aliphatic imine (C=N–C) groups is 1. The zero-order chi connectivity index (χ0) is 21.1. The van der Waals surface area contributed by atoms with Crippen molar-refractivity contribution < 1.29 is 18.6 Å². The van der Waals surface area contributed by atoms with Crippen LogP contribution in [-0.4, -0.2) is 31.9 Å². The SMILES string of the molecule is CN=C(NCCc1cc(F)cc2c1OCOC2)NC1CC(C)(C)Oc2ccccc21.I. The first-order valence-corrected chi connectivity index (χ1v) is 10.2. The van der Waals surface area contributed by atoms with Crippen LogP contribution in [0.1, 0.15) is 43.0 Å². The fourth-order valence-corrected chi connectivity index (χ4v) is 4.05. The minimum atomic E-state index is -0.276. The number of guanidine groups is 1. The van der Waals surface area contributed by atoms with Gasteiger partial charge in [0.25, 0.3) is 0 Å². The van der Waals surface area contributed by atoms with Crippen molar-refractivity contribution in [3.05, 3.63) is 58.9 Å². The van der Waals surface area contributed by atoms with Crippen LogP contribution < -0.4 is 20.1 Å². The van der Waals surface area contributed by atoms with E-state index in [4.69, 9.17) is 14.2 Å². The molecular weight excluding hydrogens is 512 g/mol. The predicted octanol–water partition coefficient (Wildman–Crippen LogP) is 4.32. The topological polar surface area (TPSA) is 64.1 Å². The van der Waals surface area contributed by atoms with E-state index < -0.39 is 0 Å². The van der Waals surface area contributed by atoms with Gasteiger partial charge in [0.2, 0.25) is 0 Å². The van der Waals surface area contributed by atoms with Gasteiger partial charge in [0.15, 0.2) is 12.8 Å². The Kier molecular flexibility index (Phi) is 7.64. The Balaban J connectivity index is 0.00000272. The van der Waals surface area contributed by atoms with Crippen LogP contribution in [0.15, 0.2) is 41.4 Å². The third-order valence-corrected chi connectivity index (χ3v) is 5.35. The third-order valence-electron chi connectivity index (χ3n) is 5.35. The summed E-state index contributed by atoms with van der Waals surface area (Å²) in [5, 5.41) is 6.85. The number of rotatable bonds is 4. The molecule has 0 fully saturated rings. The Morgan fingerprint density at radius 2 is 2.06 bits per heavy atom. The molecule has 2 heterocycles. The molecule has 2 aromatic carbocycles. The third kappa shape index (κ3) is 5.60. The molecule has 0 aromatic heterocycles. The fourth-order valence-electron chi connectivity index (χ4n) is 4.05. The van der Waals surface area contributed by atoms with Gasteiger partial charge in [-0.05, 0) is 44.0 Å². The van der Waals surface area contributed by atoms with Crippen molar-refractivity contribution in [3.8, 4) is 11.5 Å². The molecular formula is C23H29FIN3O3. The van der Waals surface area contributed by atoms with Crippen molar-refractivity contribution in [1.82, 2.24) is 10.6 Å². The molecule has 0 saturated carbocycles. The summed E-state index contributed by atoms with van der Waals surface area (Å²) < 4.78 is 30.9. The number of ether oxygens (including phenoxy) is 3. The molecule has 2 aliphatic rings. The quantitative estimate of drug-likeness (QED) is 0.343. The largest absolute Gasteiger partial charge is 0.487 e. The minimum Gasteiger partial charge on any atom is -0.487 e. The van der Waals surface area contributed by atoms with E-state index in [1.54, 1.807) is 7.05 Å². The Morgan fingerprint density at radius 1 is 1.26 bits per heavy atom. The number of benzene rings is 2. The Bertz CT molecular complexity index is 952. The van der Waals surface area contributed by atoms with Crippen LogP contribution in [0, 0.1) is 5.82 Å². The van der Waals surface area contributed by atoms with Crippen molar-refractivity contribution in [1.29, 1.82) is 0 Å². The number of fused-ring (bicyclic) bond motifs is 2. The molecule has 4 rings (SSSR count). The second-order valence-electron chi connectivity index (χ2n) is 8.21. The van der Waals surface area contributed by atoms with E-state index in [0.717, 1.165) is 34.6 Å². The molecule has 6 nitrogen and oxygen atoms in total. The average molecular weight is 541 g/mol. The molecule has 0 bridgehead atoms. The number of nitrogens with one attached hydrogen (secondary N) is 2. The second-order valence-corrected chi connectivity index (χ2v) is 8.21. The highest BCUT2D eigenvalue weighted by Crippen LogP contribution is 2.39. The van der Waals surface area contributed by atoms with Crippen LogP contribution in [0.2, 0.25) is 0 Å². The maximum atomic E-state index is 14.0. The number of para-hydroxylation sites is 1. The maximum Gasteiger partial charge on any atom is 0.191 e. The molecule has 8 heteroatoms. The molecule has 2 N–H and O–H groups in total. The van der Waals surface area contributed by atoms with Crippen LogP contribution in [0.3, 0.4) is 0 Å². The van der Waals surface area contributed by atoms with E-state index in [9.17, 15) is 4.39 Å². The van der Waals surface area contributed by atoms with E-state index in [-0.39, 0.29) is 48.2 Å². The Labute approximate surface area is 199 Å². The van der Waals surface area contributed by atoms with Crippen molar-refractivity contribution >= 4 is 29.9 Å². The summed E-state index contributed by atoms with van der Waals surface area (Å²) >= 11 is 0. The lowest BCUT2D eigenvalue weighted by atomic mass is 9.90.